The highest BCUT2D eigenvalue weighted by Gasteiger charge is 2.21. The predicted molar refractivity (Wildman–Crippen MR) is 96.4 cm³/mol. The van der Waals surface area contributed by atoms with Crippen molar-refractivity contribution in [3.8, 4) is 0 Å². The van der Waals surface area contributed by atoms with Crippen LogP contribution in [-0.2, 0) is 14.8 Å². The molecule has 1 saturated carbocycles. The third-order valence-electron chi connectivity index (χ3n) is 4.74. The smallest absolute Gasteiger partial charge is 0.243 e. The van der Waals surface area contributed by atoms with Gasteiger partial charge in [-0.2, -0.15) is 4.31 Å². The van der Waals surface area contributed by atoms with Gasteiger partial charge in [-0.15, -0.1) is 0 Å². The molecule has 0 radical (unpaired) electrons. The summed E-state index contributed by atoms with van der Waals surface area (Å²) >= 11 is 0. The van der Waals surface area contributed by atoms with Crippen molar-refractivity contribution in [1.82, 2.24) is 4.31 Å². The molecule has 1 fully saturated rings. The maximum atomic E-state index is 12.4. The van der Waals surface area contributed by atoms with Gasteiger partial charge in [0.1, 0.15) is 0 Å². The summed E-state index contributed by atoms with van der Waals surface area (Å²) in [5, 5.41) is 2.85. The van der Waals surface area contributed by atoms with Crippen LogP contribution in [0.2, 0.25) is 0 Å². The van der Waals surface area contributed by atoms with Crippen LogP contribution in [0.5, 0.6) is 0 Å². The molecule has 1 N–H and O–H groups in total. The zero-order valence-corrected chi connectivity index (χ0v) is 15.4. The van der Waals surface area contributed by atoms with Crippen molar-refractivity contribution in [2.24, 2.45) is 5.92 Å². The number of sulfonamides is 1. The fourth-order valence-corrected chi connectivity index (χ4v) is 4.74. The second-order valence-electron chi connectivity index (χ2n) is 6.35. The van der Waals surface area contributed by atoms with Crippen molar-refractivity contribution in [2.45, 2.75) is 57.3 Å². The summed E-state index contributed by atoms with van der Waals surface area (Å²) < 4.78 is 26.3. The number of rotatable bonds is 8. The molecule has 0 unspecified atom stereocenters. The molecule has 2 rings (SSSR count). The van der Waals surface area contributed by atoms with Gasteiger partial charge in [-0.25, -0.2) is 8.42 Å². The SMILES string of the molecule is CCN(CC)S(=O)(=O)c1ccc(NC(=O)CCC2CCCC2)cc1. The second kappa shape index (κ2) is 8.62. The number of amides is 1. The van der Waals surface area contributed by atoms with Gasteiger partial charge in [0.25, 0.3) is 0 Å². The van der Waals surface area contributed by atoms with Crippen LogP contribution in [0.3, 0.4) is 0 Å². The van der Waals surface area contributed by atoms with Gasteiger partial charge in [0.15, 0.2) is 0 Å². The molecule has 1 amide bonds. The van der Waals surface area contributed by atoms with E-state index in [0.717, 1.165) is 6.42 Å². The van der Waals surface area contributed by atoms with E-state index in [-0.39, 0.29) is 10.8 Å². The van der Waals surface area contributed by atoms with Crippen molar-refractivity contribution >= 4 is 21.6 Å². The molecule has 134 valence electrons. The third-order valence-corrected chi connectivity index (χ3v) is 6.80. The Balaban J connectivity index is 1.92. The van der Waals surface area contributed by atoms with Gasteiger partial charge in [0, 0.05) is 25.2 Å². The van der Waals surface area contributed by atoms with Crippen LogP contribution in [0.25, 0.3) is 0 Å². The predicted octanol–water partition coefficient (Wildman–Crippen LogP) is 3.63. The van der Waals surface area contributed by atoms with E-state index in [2.05, 4.69) is 5.32 Å². The van der Waals surface area contributed by atoms with Crippen LogP contribution < -0.4 is 5.32 Å². The van der Waals surface area contributed by atoms with E-state index in [1.54, 1.807) is 24.3 Å². The zero-order valence-electron chi connectivity index (χ0n) is 14.6. The fraction of sp³-hybridized carbons (Fsp3) is 0.611. The molecular formula is C18H28N2O3S. The molecule has 0 heterocycles. The Kier molecular flexibility index (Phi) is 6.80. The summed E-state index contributed by atoms with van der Waals surface area (Å²) in [5.41, 5.74) is 0.643. The highest BCUT2D eigenvalue weighted by atomic mass is 32.2. The largest absolute Gasteiger partial charge is 0.326 e. The summed E-state index contributed by atoms with van der Waals surface area (Å²) in [4.78, 5) is 12.3. The first kappa shape index (κ1) is 18.9. The number of anilines is 1. The van der Waals surface area contributed by atoms with Crippen LogP contribution in [0, 0.1) is 5.92 Å². The number of hydrogen-bond acceptors (Lipinski definition) is 3. The fourth-order valence-electron chi connectivity index (χ4n) is 3.28. The van der Waals surface area contributed by atoms with Crippen LogP contribution in [0.1, 0.15) is 52.4 Å². The molecular weight excluding hydrogens is 324 g/mol. The molecule has 6 heteroatoms. The first-order valence-corrected chi connectivity index (χ1v) is 10.3. The standard InChI is InChI=1S/C18H28N2O3S/c1-3-20(4-2)24(22,23)17-12-10-16(11-13-17)19-18(21)14-9-15-7-5-6-8-15/h10-13,15H,3-9,14H2,1-2H3,(H,19,21). The highest BCUT2D eigenvalue weighted by molar-refractivity contribution is 7.89. The summed E-state index contributed by atoms with van der Waals surface area (Å²) in [7, 11) is -3.45. The van der Waals surface area contributed by atoms with Gasteiger partial charge in [-0.1, -0.05) is 39.5 Å². The van der Waals surface area contributed by atoms with Gasteiger partial charge >= 0.3 is 0 Å². The first-order chi connectivity index (χ1) is 11.5. The number of nitrogens with one attached hydrogen (secondary N) is 1. The molecule has 1 aliphatic carbocycles. The lowest BCUT2D eigenvalue weighted by Gasteiger charge is -2.18. The first-order valence-electron chi connectivity index (χ1n) is 8.87. The lowest BCUT2D eigenvalue weighted by molar-refractivity contribution is -0.116. The van der Waals surface area contributed by atoms with E-state index < -0.39 is 10.0 Å². The van der Waals surface area contributed by atoms with E-state index in [0.29, 0.717) is 31.1 Å². The minimum Gasteiger partial charge on any atom is -0.326 e. The topological polar surface area (TPSA) is 66.5 Å². The van der Waals surface area contributed by atoms with Crippen molar-refractivity contribution in [3.05, 3.63) is 24.3 Å². The normalized spacial score (nSPS) is 15.8. The van der Waals surface area contributed by atoms with E-state index in [1.807, 2.05) is 13.8 Å². The molecule has 0 bridgehead atoms. The van der Waals surface area contributed by atoms with Crippen LogP contribution in [0.4, 0.5) is 5.69 Å². The Morgan fingerprint density at radius 2 is 1.71 bits per heavy atom. The maximum absolute atomic E-state index is 12.4. The van der Waals surface area contributed by atoms with Gasteiger partial charge in [0.05, 0.1) is 4.90 Å². The molecule has 1 aliphatic rings. The van der Waals surface area contributed by atoms with Crippen molar-refractivity contribution in [1.29, 1.82) is 0 Å². The monoisotopic (exact) mass is 352 g/mol. The number of benzene rings is 1. The Labute approximate surface area is 145 Å². The molecule has 0 spiro atoms. The molecule has 0 aliphatic heterocycles. The van der Waals surface area contributed by atoms with Crippen LogP contribution >= 0.6 is 0 Å². The van der Waals surface area contributed by atoms with Crippen LogP contribution in [-0.4, -0.2) is 31.7 Å². The van der Waals surface area contributed by atoms with Gasteiger partial charge in [0.2, 0.25) is 15.9 Å². The van der Waals surface area contributed by atoms with Gasteiger partial charge < -0.3 is 5.32 Å². The van der Waals surface area contributed by atoms with E-state index in [9.17, 15) is 13.2 Å². The summed E-state index contributed by atoms with van der Waals surface area (Å²) in [6.07, 6.45) is 6.53. The van der Waals surface area contributed by atoms with Crippen molar-refractivity contribution < 1.29 is 13.2 Å². The van der Waals surface area contributed by atoms with E-state index >= 15 is 0 Å². The second-order valence-corrected chi connectivity index (χ2v) is 8.29. The number of nitrogens with zero attached hydrogens (tertiary/aromatic N) is 1. The molecule has 5 nitrogen and oxygen atoms in total. The number of carbonyl (C=O) groups excluding carboxylic acids is 1. The van der Waals surface area contributed by atoms with Crippen molar-refractivity contribution in [3.63, 3.8) is 0 Å². The number of hydrogen-bond donors (Lipinski definition) is 1. The molecule has 0 saturated heterocycles. The Hall–Kier alpha value is -1.40. The van der Waals surface area contributed by atoms with Gasteiger partial charge in [-0.05, 0) is 36.6 Å². The number of carbonyl (C=O) groups is 1. The summed E-state index contributed by atoms with van der Waals surface area (Å²) in [6.45, 7) is 4.52. The van der Waals surface area contributed by atoms with Crippen LogP contribution in [0.15, 0.2) is 29.2 Å². The quantitative estimate of drug-likeness (QED) is 0.777. The molecule has 1 aromatic rings. The summed E-state index contributed by atoms with van der Waals surface area (Å²) in [6, 6.07) is 6.42. The van der Waals surface area contributed by atoms with Crippen molar-refractivity contribution in [2.75, 3.05) is 18.4 Å². The lowest BCUT2D eigenvalue weighted by Crippen LogP contribution is -2.30. The molecule has 24 heavy (non-hydrogen) atoms. The third kappa shape index (κ3) is 4.80. The average Bonchev–Trinajstić information content (AvgIpc) is 3.08. The Morgan fingerprint density at radius 1 is 1.12 bits per heavy atom. The van der Waals surface area contributed by atoms with Gasteiger partial charge in [-0.3, -0.25) is 4.79 Å². The Morgan fingerprint density at radius 3 is 2.25 bits per heavy atom. The zero-order chi connectivity index (χ0) is 17.6. The minimum atomic E-state index is -3.45. The molecule has 0 atom stereocenters. The average molecular weight is 353 g/mol. The molecule has 1 aromatic carbocycles. The highest BCUT2D eigenvalue weighted by Crippen LogP contribution is 2.28. The lowest BCUT2D eigenvalue weighted by atomic mass is 10.0. The van der Waals surface area contributed by atoms with E-state index in [1.165, 1.54) is 30.0 Å². The maximum Gasteiger partial charge on any atom is 0.243 e. The van der Waals surface area contributed by atoms with E-state index in [4.69, 9.17) is 0 Å². The molecule has 0 aromatic heterocycles. The minimum absolute atomic E-state index is 0.00116. The summed E-state index contributed by atoms with van der Waals surface area (Å²) in [5.74, 6) is 0.693. The Bertz CT molecular complexity index is 631.